The first kappa shape index (κ1) is 17.1. The molecule has 0 bridgehead atoms. The van der Waals surface area contributed by atoms with Gasteiger partial charge in [0.1, 0.15) is 0 Å². The first-order chi connectivity index (χ1) is 10.6. The van der Waals surface area contributed by atoms with E-state index >= 15 is 0 Å². The molecule has 2 rings (SSSR count). The Labute approximate surface area is 134 Å². The number of H-pyrrole nitrogens is 1. The largest absolute Gasteiger partial charge is 0.376 e. The van der Waals surface area contributed by atoms with E-state index in [-0.39, 0.29) is 17.3 Å². The Bertz CT molecular complexity index is 542. The second-order valence-electron chi connectivity index (χ2n) is 5.68. The van der Waals surface area contributed by atoms with Crippen molar-refractivity contribution in [2.45, 2.75) is 43.9 Å². The number of carbonyl (C=O) groups excluding carboxylic acids is 1. The van der Waals surface area contributed by atoms with E-state index < -0.39 is 0 Å². The average molecular weight is 328 g/mol. The summed E-state index contributed by atoms with van der Waals surface area (Å²) in [7, 11) is 1.62. The van der Waals surface area contributed by atoms with Crippen molar-refractivity contribution in [3.05, 3.63) is 10.5 Å². The quantitative estimate of drug-likeness (QED) is 0.574. The smallest absolute Gasteiger partial charge is 0.343 e. The van der Waals surface area contributed by atoms with Crippen molar-refractivity contribution in [2.75, 3.05) is 18.9 Å². The fourth-order valence-corrected chi connectivity index (χ4v) is 3.32. The SMILES string of the molecule is CC1CCCCC1OCCNC(=O)CSc1n[nH]c(=O)n1C. The molecule has 2 atom stereocenters. The van der Waals surface area contributed by atoms with Gasteiger partial charge in [0, 0.05) is 13.6 Å². The Morgan fingerprint density at radius 1 is 1.50 bits per heavy atom. The van der Waals surface area contributed by atoms with E-state index in [1.54, 1.807) is 7.05 Å². The molecule has 1 amide bonds. The number of nitrogens with one attached hydrogen (secondary N) is 2. The van der Waals surface area contributed by atoms with Crippen LogP contribution in [-0.4, -0.2) is 45.7 Å². The van der Waals surface area contributed by atoms with Crippen LogP contribution in [0.5, 0.6) is 0 Å². The van der Waals surface area contributed by atoms with E-state index in [0.717, 1.165) is 6.42 Å². The Balaban J connectivity index is 1.59. The van der Waals surface area contributed by atoms with Crippen molar-refractivity contribution in [3.63, 3.8) is 0 Å². The molecular weight excluding hydrogens is 304 g/mol. The van der Waals surface area contributed by atoms with Crippen molar-refractivity contribution in [1.82, 2.24) is 20.1 Å². The molecule has 0 aromatic carbocycles. The van der Waals surface area contributed by atoms with E-state index in [2.05, 4.69) is 22.4 Å². The molecule has 8 heteroatoms. The predicted molar refractivity (Wildman–Crippen MR) is 84.9 cm³/mol. The topological polar surface area (TPSA) is 89.0 Å². The lowest BCUT2D eigenvalue weighted by molar-refractivity contribution is -0.119. The zero-order chi connectivity index (χ0) is 15.9. The maximum atomic E-state index is 11.7. The summed E-state index contributed by atoms with van der Waals surface area (Å²) in [5.41, 5.74) is -0.280. The maximum Gasteiger partial charge on any atom is 0.343 e. The van der Waals surface area contributed by atoms with Crippen molar-refractivity contribution in [3.8, 4) is 0 Å². The number of thioether (sulfide) groups is 1. The Hall–Kier alpha value is -1.28. The van der Waals surface area contributed by atoms with Crippen LogP contribution in [0.15, 0.2) is 9.95 Å². The van der Waals surface area contributed by atoms with Gasteiger partial charge in [-0.15, -0.1) is 5.10 Å². The highest BCUT2D eigenvalue weighted by Crippen LogP contribution is 2.25. The molecule has 0 aliphatic heterocycles. The van der Waals surface area contributed by atoms with Crippen molar-refractivity contribution in [2.24, 2.45) is 13.0 Å². The first-order valence-corrected chi connectivity index (χ1v) is 8.69. The Morgan fingerprint density at radius 2 is 2.27 bits per heavy atom. The normalized spacial score (nSPS) is 21.7. The molecule has 1 saturated carbocycles. The predicted octanol–water partition coefficient (Wildman–Crippen LogP) is 0.912. The lowest BCUT2D eigenvalue weighted by atomic mass is 9.88. The summed E-state index contributed by atoms with van der Waals surface area (Å²) in [4.78, 5) is 22.9. The van der Waals surface area contributed by atoms with Crippen molar-refractivity contribution < 1.29 is 9.53 Å². The van der Waals surface area contributed by atoms with Crippen LogP contribution in [0, 0.1) is 5.92 Å². The summed E-state index contributed by atoms with van der Waals surface area (Å²) >= 11 is 1.23. The molecule has 0 radical (unpaired) electrons. The van der Waals surface area contributed by atoms with Crippen LogP contribution >= 0.6 is 11.8 Å². The summed E-state index contributed by atoms with van der Waals surface area (Å²) in [5, 5.41) is 9.51. The van der Waals surface area contributed by atoms with E-state index in [1.165, 1.54) is 35.6 Å². The van der Waals surface area contributed by atoms with Gasteiger partial charge in [-0.1, -0.05) is 31.5 Å². The van der Waals surface area contributed by atoms with Gasteiger partial charge in [0.2, 0.25) is 5.91 Å². The van der Waals surface area contributed by atoms with Gasteiger partial charge in [-0.05, 0) is 18.8 Å². The van der Waals surface area contributed by atoms with Crippen LogP contribution in [0.2, 0.25) is 0 Å². The van der Waals surface area contributed by atoms with Crippen LogP contribution in [0.1, 0.15) is 32.6 Å². The fraction of sp³-hybridized carbons (Fsp3) is 0.786. The molecule has 1 aliphatic carbocycles. The summed E-state index contributed by atoms with van der Waals surface area (Å²) in [6.45, 7) is 3.29. The van der Waals surface area contributed by atoms with Gasteiger partial charge in [-0.25, -0.2) is 9.89 Å². The molecule has 1 fully saturated rings. The van der Waals surface area contributed by atoms with Gasteiger partial charge in [0.15, 0.2) is 5.16 Å². The van der Waals surface area contributed by atoms with Crippen LogP contribution < -0.4 is 11.0 Å². The molecule has 2 N–H and O–H groups in total. The van der Waals surface area contributed by atoms with Crippen molar-refractivity contribution in [1.29, 1.82) is 0 Å². The number of amides is 1. The molecule has 1 aromatic heterocycles. The minimum absolute atomic E-state index is 0.0826. The number of ether oxygens (including phenoxy) is 1. The Kier molecular flexibility index (Phi) is 6.50. The van der Waals surface area contributed by atoms with Gasteiger partial charge in [0.05, 0.1) is 18.5 Å². The third-order valence-electron chi connectivity index (χ3n) is 3.96. The minimum atomic E-state index is -0.280. The highest BCUT2D eigenvalue weighted by atomic mass is 32.2. The van der Waals surface area contributed by atoms with Gasteiger partial charge in [-0.3, -0.25) is 9.36 Å². The van der Waals surface area contributed by atoms with Gasteiger partial charge >= 0.3 is 5.69 Å². The maximum absolute atomic E-state index is 11.7. The van der Waals surface area contributed by atoms with E-state index in [0.29, 0.717) is 30.3 Å². The summed E-state index contributed by atoms with van der Waals surface area (Å²) in [5.74, 6) is 0.763. The number of hydrogen-bond acceptors (Lipinski definition) is 5. The molecule has 0 saturated heterocycles. The number of carbonyl (C=O) groups is 1. The van der Waals surface area contributed by atoms with E-state index in [1.807, 2.05) is 0 Å². The number of rotatable bonds is 7. The summed E-state index contributed by atoms with van der Waals surface area (Å²) in [6.07, 6.45) is 5.22. The molecular formula is C14H24N4O3S. The average Bonchev–Trinajstić information content (AvgIpc) is 2.83. The second-order valence-corrected chi connectivity index (χ2v) is 6.62. The number of aromatic nitrogens is 3. The second kappa shape index (κ2) is 8.38. The lowest BCUT2D eigenvalue weighted by Gasteiger charge is -2.28. The first-order valence-electron chi connectivity index (χ1n) is 7.70. The Morgan fingerprint density at radius 3 is 2.95 bits per heavy atom. The van der Waals surface area contributed by atoms with Gasteiger partial charge in [0.25, 0.3) is 0 Å². The zero-order valence-corrected chi connectivity index (χ0v) is 13.9. The third kappa shape index (κ3) is 4.88. The van der Waals surface area contributed by atoms with Crippen molar-refractivity contribution >= 4 is 17.7 Å². The van der Waals surface area contributed by atoms with Gasteiger partial charge < -0.3 is 10.1 Å². The molecule has 1 aliphatic rings. The van der Waals surface area contributed by atoms with E-state index in [4.69, 9.17) is 4.74 Å². The number of nitrogens with zero attached hydrogens (tertiary/aromatic N) is 2. The molecule has 7 nitrogen and oxygen atoms in total. The highest BCUT2D eigenvalue weighted by Gasteiger charge is 2.21. The summed E-state index contributed by atoms with van der Waals surface area (Å²) < 4.78 is 7.23. The van der Waals surface area contributed by atoms with Crippen LogP contribution in [0.25, 0.3) is 0 Å². The molecule has 0 spiro atoms. The van der Waals surface area contributed by atoms with Crippen LogP contribution in [0.3, 0.4) is 0 Å². The molecule has 1 heterocycles. The number of aromatic amines is 1. The molecule has 124 valence electrons. The van der Waals surface area contributed by atoms with Crippen LogP contribution in [0.4, 0.5) is 0 Å². The summed E-state index contributed by atoms with van der Waals surface area (Å²) in [6, 6.07) is 0. The fourth-order valence-electron chi connectivity index (χ4n) is 2.57. The molecule has 2 unspecified atom stereocenters. The van der Waals surface area contributed by atoms with Crippen LogP contribution in [-0.2, 0) is 16.6 Å². The van der Waals surface area contributed by atoms with E-state index in [9.17, 15) is 9.59 Å². The zero-order valence-electron chi connectivity index (χ0n) is 13.1. The number of hydrogen-bond donors (Lipinski definition) is 2. The van der Waals surface area contributed by atoms with Gasteiger partial charge in [-0.2, -0.15) is 0 Å². The molecule has 1 aromatic rings. The minimum Gasteiger partial charge on any atom is -0.376 e. The standard InChI is InChI=1S/C14H24N4O3S/c1-10-5-3-4-6-11(10)21-8-7-15-12(19)9-22-14-17-16-13(20)18(14)2/h10-11H,3-9H2,1-2H3,(H,15,19)(H,16,20). The molecule has 22 heavy (non-hydrogen) atoms. The monoisotopic (exact) mass is 328 g/mol. The highest BCUT2D eigenvalue weighted by molar-refractivity contribution is 7.99. The lowest BCUT2D eigenvalue weighted by Crippen LogP contribution is -2.32. The third-order valence-corrected chi connectivity index (χ3v) is 4.99.